The Kier molecular flexibility index (Phi) is 5.98. The van der Waals surface area contributed by atoms with Crippen LogP contribution in [0.25, 0.3) is 0 Å². The van der Waals surface area contributed by atoms with Crippen LogP contribution in [-0.4, -0.2) is 22.8 Å². The van der Waals surface area contributed by atoms with Crippen LogP contribution in [0.15, 0.2) is 73.1 Å². The zero-order valence-corrected chi connectivity index (χ0v) is 17.4. The molecule has 0 aliphatic carbocycles. The number of anilines is 1. The number of pyridine rings is 1. The van der Waals surface area contributed by atoms with Crippen molar-refractivity contribution in [1.29, 1.82) is 0 Å². The molecule has 1 aromatic heterocycles. The minimum atomic E-state index is -0.325. The molecular weight excluding hydrogens is 390 g/mol. The highest BCUT2D eigenvalue weighted by molar-refractivity contribution is 6.07. The Bertz CT molecular complexity index is 1070. The number of hydrogen-bond acceptors (Lipinski definition) is 4. The molecule has 0 spiro atoms. The fraction of sp³-hybridized carbons (Fsp3) is 0.240. The van der Waals surface area contributed by atoms with Crippen LogP contribution in [0.3, 0.4) is 0 Å². The smallest absolute Gasteiger partial charge is 0.258 e. The first-order valence-corrected chi connectivity index (χ1v) is 10.4. The number of rotatable bonds is 6. The monoisotopic (exact) mass is 415 g/mol. The van der Waals surface area contributed by atoms with Crippen molar-refractivity contribution >= 4 is 17.5 Å². The fourth-order valence-electron chi connectivity index (χ4n) is 4.16. The van der Waals surface area contributed by atoms with Gasteiger partial charge in [0.05, 0.1) is 0 Å². The molecule has 2 aromatic carbocycles. The van der Waals surface area contributed by atoms with E-state index in [1.165, 1.54) is 0 Å². The number of carbonyl (C=O) groups excluding carboxylic acids is 2. The van der Waals surface area contributed by atoms with Gasteiger partial charge in [0.15, 0.2) is 0 Å². The van der Waals surface area contributed by atoms with Gasteiger partial charge in [-0.1, -0.05) is 18.2 Å². The predicted molar refractivity (Wildman–Crippen MR) is 119 cm³/mol. The van der Waals surface area contributed by atoms with Crippen molar-refractivity contribution in [1.82, 2.24) is 4.98 Å². The van der Waals surface area contributed by atoms with Gasteiger partial charge >= 0.3 is 0 Å². The average Bonchev–Trinajstić information content (AvgIpc) is 2.78. The number of amides is 2. The van der Waals surface area contributed by atoms with Crippen molar-refractivity contribution in [3.63, 3.8) is 0 Å². The van der Waals surface area contributed by atoms with E-state index in [2.05, 4.69) is 4.98 Å². The van der Waals surface area contributed by atoms with E-state index in [0.29, 0.717) is 24.3 Å². The second kappa shape index (κ2) is 9.00. The van der Waals surface area contributed by atoms with Crippen molar-refractivity contribution in [2.75, 3.05) is 4.90 Å². The van der Waals surface area contributed by atoms with Crippen molar-refractivity contribution in [3.8, 4) is 5.75 Å². The highest BCUT2D eigenvalue weighted by Crippen LogP contribution is 2.40. The Morgan fingerprint density at radius 1 is 1.06 bits per heavy atom. The van der Waals surface area contributed by atoms with Gasteiger partial charge < -0.3 is 15.4 Å². The first-order valence-electron chi connectivity index (χ1n) is 10.4. The van der Waals surface area contributed by atoms with E-state index in [4.69, 9.17) is 10.5 Å². The SMILES string of the molecule is CC1CC(CC(N)=O)c2ccccc2N1C(=O)c1ccc(OCc2ccncc2)cc1. The van der Waals surface area contributed by atoms with Gasteiger partial charge in [-0.2, -0.15) is 0 Å². The minimum Gasteiger partial charge on any atom is -0.489 e. The van der Waals surface area contributed by atoms with Crippen LogP contribution in [0.1, 0.15) is 47.2 Å². The third kappa shape index (κ3) is 4.58. The lowest BCUT2D eigenvalue weighted by Gasteiger charge is -2.39. The van der Waals surface area contributed by atoms with Gasteiger partial charge in [-0.05, 0) is 72.9 Å². The van der Waals surface area contributed by atoms with E-state index in [0.717, 1.165) is 16.8 Å². The molecule has 0 fully saturated rings. The number of carbonyl (C=O) groups is 2. The molecule has 2 amide bonds. The van der Waals surface area contributed by atoms with Crippen LogP contribution in [-0.2, 0) is 11.4 Å². The number of hydrogen-bond donors (Lipinski definition) is 1. The maximum Gasteiger partial charge on any atom is 0.258 e. The highest BCUT2D eigenvalue weighted by atomic mass is 16.5. The number of nitrogens with zero attached hydrogens (tertiary/aromatic N) is 2. The molecule has 2 atom stereocenters. The summed E-state index contributed by atoms with van der Waals surface area (Å²) in [5, 5.41) is 0. The summed E-state index contributed by atoms with van der Waals surface area (Å²) < 4.78 is 5.80. The number of fused-ring (bicyclic) bond motifs is 1. The van der Waals surface area contributed by atoms with E-state index in [9.17, 15) is 9.59 Å². The molecule has 0 bridgehead atoms. The lowest BCUT2D eigenvalue weighted by atomic mass is 9.83. The molecular formula is C25H25N3O3. The Hall–Kier alpha value is -3.67. The average molecular weight is 415 g/mol. The van der Waals surface area contributed by atoms with E-state index in [-0.39, 0.29) is 30.2 Å². The zero-order chi connectivity index (χ0) is 21.8. The topological polar surface area (TPSA) is 85.5 Å². The highest BCUT2D eigenvalue weighted by Gasteiger charge is 2.34. The van der Waals surface area contributed by atoms with E-state index >= 15 is 0 Å². The standard InChI is InChI=1S/C25H25N3O3/c1-17-14-20(15-24(26)29)22-4-2-3-5-23(22)28(17)25(30)19-6-8-21(9-7-19)31-16-18-10-12-27-13-11-18/h2-13,17,20H,14-16H2,1H3,(H2,26,29). The molecule has 2 N–H and O–H groups in total. The summed E-state index contributed by atoms with van der Waals surface area (Å²) in [6.45, 7) is 2.45. The summed E-state index contributed by atoms with van der Waals surface area (Å²) in [6, 6.07) is 18.7. The van der Waals surface area contributed by atoms with Gasteiger partial charge in [-0.25, -0.2) is 0 Å². The number of aromatic nitrogens is 1. The minimum absolute atomic E-state index is 0.0247. The number of primary amides is 1. The van der Waals surface area contributed by atoms with Gasteiger partial charge in [-0.3, -0.25) is 14.6 Å². The summed E-state index contributed by atoms with van der Waals surface area (Å²) in [7, 11) is 0. The molecule has 6 nitrogen and oxygen atoms in total. The summed E-state index contributed by atoms with van der Waals surface area (Å²) in [5.41, 5.74) is 8.90. The van der Waals surface area contributed by atoms with Gasteiger partial charge in [0.1, 0.15) is 12.4 Å². The van der Waals surface area contributed by atoms with Crippen molar-refractivity contribution < 1.29 is 14.3 Å². The van der Waals surface area contributed by atoms with Gasteiger partial charge in [0, 0.05) is 36.1 Å². The third-order valence-corrected chi connectivity index (χ3v) is 5.63. The molecule has 158 valence electrons. The maximum absolute atomic E-state index is 13.4. The molecule has 0 saturated heterocycles. The molecule has 6 heteroatoms. The number of para-hydroxylation sites is 1. The van der Waals surface area contributed by atoms with Crippen LogP contribution in [0.4, 0.5) is 5.69 Å². The molecule has 0 saturated carbocycles. The number of ether oxygens (including phenoxy) is 1. The van der Waals surface area contributed by atoms with Gasteiger partial charge in [0.2, 0.25) is 5.91 Å². The van der Waals surface area contributed by atoms with Crippen LogP contribution in [0.2, 0.25) is 0 Å². The molecule has 4 rings (SSSR count). The number of benzene rings is 2. The van der Waals surface area contributed by atoms with Crippen molar-refractivity contribution in [3.05, 3.63) is 89.7 Å². The van der Waals surface area contributed by atoms with Crippen molar-refractivity contribution in [2.45, 2.75) is 38.3 Å². The third-order valence-electron chi connectivity index (χ3n) is 5.63. The molecule has 2 heterocycles. The summed E-state index contributed by atoms with van der Waals surface area (Å²) in [4.78, 5) is 30.7. The molecule has 0 radical (unpaired) electrons. The molecule has 3 aromatic rings. The second-order valence-electron chi connectivity index (χ2n) is 7.85. The molecule has 2 unspecified atom stereocenters. The van der Waals surface area contributed by atoms with Gasteiger partial charge in [-0.15, -0.1) is 0 Å². The van der Waals surface area contributed by atoms with Crippen LogP contribution >= 0.6 is 0 Å². The zero-order valence-electron chi connectivity index (χ0n) is 17.4. The molecule has 1 aliphatic rings. The van der Waals surface area contributed by atoms with E-state index < -0.39 is 0 Å². The van der Waals surface area contributed by atoms with E-state index in [1.54, 1.807) is 24.5 Å². The quantitative estimate of drug-likeness (QED) is 0.658. The van der Waals surface area contributed by atoms with Gasteiger partial charge in [0.25, 0.3) is 5.91 Å². The van der Waals surface area contributed by atoms with Crippen LogP contribution in [0, 0.1) is 0 Å². The Morgan fingerprint density at radius 3 is 2.48 bits per heavy atom. The number of nitrogens with two attached hydrogens (primary N) is 1. The predicted octanol–water partition coefficient (Wildman–Crippen LogP) is 4.06. The Balaban J connectivity index is 1.52. The first kappa shape index (κ1) is 20.6. The van der Waals surface area contributed by atoms with Crippen LogP contribution < -0.4 is 15.4 Å². The molecule has 1 aliphatic heterocycles. The van der Waals surface area contributed by atoms with Crippen LogP contribution in [0.5, 0.6) is 5.75 Å². The van der Waals surface area contributed by atoms with E-state index in [1.807, 2.05) is 60.4 Å². The summed E-state index contributed by atoms with van der Waals surface area (Å²) in [6.07, 6.45) is 4.43. The normalized spacial score (nSPS) is 17.6. The second-order valence-corrected chi connectivity index (χ2v) is 7.85. The summed E-state index contributed by atoms with van der Waals surface area (Å²) >= 11 is 0. The fourth-order valence-corrected chi connectivity index (χ4v) is 4.16. The maximum atomic E-state index is 13.4. The lowest BCUT2D eigenvalue weighted by molar-refractivity contribution is -0.118. The Labute approximate surface area is 181 Å². The first-order chi connectivity index (χ1) is 15.0. The lowest BCUT2D eigenvalue weighted by Crippen LogP contribution is -2.43. The van der Waals surface area contributed by atoms with Crippen molar-refractivity contribution in [2.24, 2.45) is 5.73 Å². The summed E-state index contributed by atoms with van der Waals surface area (Å²) in [5.74, 6) is 0.325. The molecule has 31 heavy (non-hydrogen) atoms. The Morgan fingerprint density at radius 2 is 1.77 bits per heavy atom. The largest absolute Gasteiger partial charge is 0.489 e.